The van der Waals surface area contributed by atoms with Crippen molar-refractivity contribution in [1.82, 2.24) is 24.7 Å². The number of nitrogens with one attached hydrogen (secondary N) is 1. The van der Waals surface area contributed by atoms with E-state index in [1.54, 1.807) is 0 Å². The fourth-order valence-electron chi connectivity index (χ4n) is 5.17. The number of benzene rings is 2. The van der Waals surface area contributed by atoms with Crippen LogP contribution in [0.15, 0.2) is 79.4 Å². The minimum absolute atomic E-state index is 0.298. The maximum atomic E-state index is 5.36. The molecule has 1 aliphatic rings. The molecule has 6 nitrogen and oxygen atoms in total. The molecule has 3 aromatic heterocycles. The molecule has 6 heteroatoms. The smallest absolute Gasteiger partial charge is 0.212 e. The summed E-state index contributed by atoms with van der Waals surface area (Å²) in [6.07, 6.45) is 10.0. The highest BCUT2D eigenvalue weighted by molar-refractivity contribution is 5.95. The summed E-state index contributed by atoms with van der Waals surface area (Å²) in [7, 11) is 0. The van der Waals surface area contributed by atoms with Crippen LogP contribution in [0.5, 0.6) is 0 Å². The van der Waals surface area contributed by atoms with Gasteiger partial charge in [-0.1, -0.05) is 36.4 Å². The Morgan fingerprint density at radius 2 is 1.83 bits per heavy atom. The Balaban J connectivity index is 1.59. The molecule has 1 saturated heterocycles. The van der Waals surface area contributed by atoms with E-state index in [1.165, 1.54) is 23.6 Å². The van der Waals surface area contributed by atoms with E-state index in [9.17, 15) is 0 Å². The molecule has 0 amide bonds. The molecule has 1 unspecified atom stereocenters. The van der Waals surface area contributed by atoms with Gasteiger partial charge < -0.3 is 10.2 Å². The van der Waals surface area contributed by atoms with Crippen molar-refractivity contribution in [3.05, 3.63) is 79.4 Å². The molecule has 0 saturated carbocycles. The van der Waals surface area contributed by atoms with E-state index in [1.807, 2.05) is 36.9 Å². The number of rotatable bonds is 6. The lowest BCUT2D eigenvalue weighted by molar-refractivity contribution is 0.543. The number of hydrogen-bond donors (Lipinski definition) is 1. The summed E-state index contributed by atoms with van der Waals surface area (Å²) < 4.78 is 2.16. The molecule has 0 aliphatic carbocycles. The Hall–Kier alpha value is -3.77. The quantitative estimate of drug-likeness (QED) is 0.357. The number of hydrogen-bond acceptors (Lipinski definition) is 5. The Bertz CT molecular complexity index is 1470. The number of anilines is 1. The molecule has 5 aromatic rings. The first-order valence-corrected chi connectivity index (χ1v) is 12.5. The van der Waals surface area contributed by atoms with Crippen molar-refractivity contribution < 1.29 is 0 Å². The monoisotopic (exact) mass is 462 g/mol. The van der Waals surface area contributed by atoms with Gasteiger partial charge >= 0.3 is 0 Å². The molecule has 0 bridgehead atoms. The highest BCUT2D eigenvalue weighted by atomic mass is 15.3. The molecule has 2 aromatic carbocycles. The largest absolute Gasteiger partial charge is 0.338 e. The maximum absolute atomic E-state index is 5.36. The van der Waals surface area contributed by atoms with E-state index in [0.717, 1.165) is 47.1 Å². The Labute approximate surface area is 205 Å². The Morgan fingerprint density at radius 1 is 1.00 bits per heavy atom. The lowest BCUT2D eigenvalue weighted by atomic mass is 9.98. The number of pyridine rings is 1. The van der Waals surface area contributed by atoms with E-state index in [-0.39, 0.29) is 0 Å². The van der Waals surface area contributed by atoms with Crippen LogP contribution in [0.25, 0.3) is 38.8 Å². The highest BCUT2D eigenvalue weighted by Crippen LogP contribution is 2.37. The summed E-state index contributed by atoms with van der Waals surface area (Å²) in [5.74, 6) is 0.928. The van der Waals surface area contributed by atoms with Crippen LogP contribution in [0.4, 0.5) is 5.95 Å². The van der Waals surface area contributed by atoms with Crippen LogP contribution >= 0.6 is 0 Å². The molecule has 35 heavy (non-hydrogen) atoms. The lowest BCUT2D eigenvalue weighted by Gasteiger charge is -2.31. The molecule has 1 N–H and O–H groups in total. The van der Waals surface area contributed by atoms with E-state index in [4.69, 9.17) is 9.97 Å². The predicted octanol–water partition coefficient (Wildman–Crippen LogP) is 5.58. The van der Waals surface area contributed by atoms with Crippen LogP contribution in [-0.2, 0) is 0 Å². The van der Waals surface area contributed by atoms with Crippen molar-refractivity contribution in [3.63, 3.8) is 0 Å². The SMILES string of the molecule is CC(C)N(CC1CCCN1)c1nc(-c2ccncc2)c(-c2ccc3ccccc3c2)c2nccn12. The van der Waals surface area contributed by atoms with Gasteiger partial charge in [0.25, 0.3) is 0 Å². The van der Waals surface area contributed by atoms with E-state index in [2.05, 4.69) is 75.9 Å². The van der Waals surface area contributed by atoms with Crippen molar-refractivity contribution in [2.24, 2.45) is 0 Å². The first-order valence-electron chi connectivity index (χ1n) is 12.5. The van der Waals surface area contributed by atoms with Crippen LogP contribution in [-0.4, -0.2) is 44.5 Å². The van der Waals surface area contributed by atoms with Gasteiger partial charge in [-0.3, -0.25) is 9.38 Å². The van der Waals surface area contributed by atoms with Crippen molar-refractivity contribution >= 4 is 22.4 Å². The normalized spacial score (nSPS) is 15.9. The number of aromatic nitrogens is 4. The van der Waals surface area contributed by atoms with Gasteiger partial charge in [-0.05, 0) is 67.8 Å². The molecule has 1 atom stereocenters. The zero-order chi connectivity index (χ0) is 23.8. The van der Waals surface area contributed by atoms with Gasteiger partial charge in [0.2, 0.25) is 5.95 Å². The molecule has 0 radical (unpaired) electrons. The van der Waals surface area contributed by atoms with E-state index in [0.29, 0.717) is 12.1 Å². The summed E-state index contributed by atoms with van der Waals surface area (Å²) in [5.41, 5.74) is 5.04. The summed E-state index contributed by atoms with van der Waals surface area (Å²) in [5, 5.41) is 6.08. The zero-order valence-electron chi connectivity index (χ0n) is 20.2. The Morgan fingerprint density at radius 3 is 2.60 bits per heavy atom. The predicted molar refractivity (Wildman–Crippen MR) is 143 cm³/mol. The molecule has 176 valence electrons. The minimum Gasteiger partial charge on any atom is -0.338 e. The molecule has 1 fully saturated rings. The average molecular weight is 463 g/mol. The van der Waals surface area contributed by atoms with E-state index < -0.39 is 0 Å². The van der Waals surface area contributed by atoms with Crippen LogP contribution in [0.1, 0.15) is 26.7 Å². The summed E-state index contributed by atoms with van der Waals surface area (Å²) >= 11 is 0. The molecule has 4 heterocycles. The average Bonchev–Trinajstić information content (AvgIpc) is 3.59. The highest BCUT2D eigenvalue weighted by Gasteiger charge is 2.26. The Kier molecular flexibility index (Phi) is 5.66. The van der Waals surface area contributed by atoms with Gasteiger partial charge in [0.05, 0.1) is 11.3 Å². The standard InChI is InChI=1S/C29H30N6/c1-20(2)35(19-25-8-5-13-31-25)29-33-27(22-11-14-30-15-12-22)26(28-32-16-17-34(28)29)24-10-9-21-6-3-4-7-23(21)18-24/h3-4,6-7,9-12,14-18,20,25,31H,5,8,13,19H2,1-2H3. The van der Waals surface area contributed by atoms with Gasteiger partial charge in [0, 0.05) is 49.0 Å². The topological polar surface area (TPSA) is 58.3 Å². The third-order valence-electron chi connectivity index (χ3n) is 6.98. The van der Waals surface area contributed by atoms with Gasteiger partial charge in [-0.25, -0.2) is 9.97 Å². The fraction of sp³-hybridized carbons (Fsp3) is 0.276. The first-order chi connectivity index (χ1) is 17.2. The first kappa shape index (κ1) is 21.7. The minimum atomic E-state index is 0.298. The zero-order valence-corrected chi connectivity index (χ0v) is 20.2. The van der Waals surface area contributed by atoms with Crippen LogP contribution < -0.4 is 10.2 Å². The number of imidazole rings is 1. The summed E-state index contributed by atoms with van der Waals surface area (Å²) in [4.78, 5) is 16.9. The van der Waals surface area contributed by atoms with Crippen LogP contribution in [0, 0.1) is 0 Å². The molecular weight excluding hydrogens is 432 g/mol. The van der Waals surface area contributed by atoms with Crippen molar-refractivity contribution in [1.29, 1.82) is 0 Å². The summed E-state index contributed by atoms with van der Waals surface area (Å²) in [6.45, 7) is 6.49. The molecule has 1 aliphatic heterocycles. The van der Waals surface area contributed by atoms with E-state index >= 15 is 0 Å². The number of nitrogens with zero attached hydrogens (tertiary/aromatic N) is 5. The second-order valence-corrected chi connectivity index (χ2v) is 9.59. The third-order valence-corrected chi connectivity index (χ3v) is 6.98. The fourth-order valence-corrected chi connectivity index (χ4v) is 5.17. The van der Waals surface area contributed by atoms with Crippen LogP contribution in [0.3, 0.4) is 0 Å². The molecule has 6 rings (SSSR count). The third kappa shape index (κ3) is 4.04. The second kappa shape index (κ2) is 9.12. The van der Waals surface area contributed by atoms with Gasteiger partial charge in [-0.15, -0.1) is 0 Å². The second-order valence-electron chi connectivity index (χ2n) is 9.59. The summed E-state index contributed by atoms with van der Waals surface area (Å²) in [6, 6.07) is 19.9. The van der Waals surface area contributed by atoms with Gasteiger partial charge in [-0.2, -0.15) is 0 Å². The van der Waals surface area contributed by atoms with Crippen molar-refractivity contribution in [2.45, 2.75) is 38.8 Å². The van der Waals surface area contributed by atoms with Gasteiger partial charge in [0.15, 0.2) is 0 Å². The lowest BCUT2D eigenvalue weighted by Crippen LogP contribution is -2.42. The maximum Gasteiger partial charge on any atom is 0.212 e. The van der Waals surface area contributed by atoms with Crippen LogP contribution in [0.2, 0.25) is 0 Å². The van der Waals surface area contributed by atoms with Crippen molar-refractivity contribution in [3.8, 4) is 22.4 Å². The van der Waals surface area contributed by atoms with Gasteiger partial charge in [0.1, 0.15) is 5.65 Å². The molecule has 0 spiro atoms. The van der Waals surface area contributed by atoms with Crippen molar-refractivity contribution in [2.75, 3.05) is 18.0 Å². The number of fused-ring (bicyclic) bond motifs is 2. The molecular formula is C29H30N6.